The summed E-state index contributed by atoms with van der Waals surface area (Å²) >= 11 is 7.84. The first-order chi connectivity index (χ1) is 10.6. The van der Waals surface area contributed by atoms with Gasteiger partial charge in [0.05, 0.1) is 6.04 Å². The fraction of sp³-hybridized carbons (Fsp3) is 0.467. The van der Waals surface area contributed by atoms with E-state index in [2.05, 4.69) is 16.0 Å². The minimum Gasteiger partial charge on any atom is -0.356 e. The van der Waals surface area contributed by atoms with E-state index in [0.29, 0.717) is 24.5 Å². The van der Waals surface area contributed by atoms with E-state index in [9.17, 15) is 9.59 Å². The van der Waals surface area contributed by atoms with Gasteiger partial charge in [-0.15, -0.1) is 11.8 Å². The number of nitrogens with one attached hydrogen (secondary N) is 3. The topological polar surface area (TPSA) is 70.2 Å². The zero-order valence-corrected chi connectivity index (χ0v) is 14.0. The highest BCUT2D eigenvalue weighted by atomic mass is 35.5. The molecule has 1 heterocycles. The minimum absolute atomic E-state index is 0.00899. The molecule has 22 heavy (non-hydrogen) atoms. The number of halogens is 1. The molecule has 1 atom stereocenters. The molecule has 2 rings (SSSR count). The van der Waals surface area contributed by atoms with Gasteiger partial charge in [0.2, 0.25) is 5.91 Å². The largest absolute Gasteiger partial charge is 0.356 e. The molecule has 1 aliphatic rings. The van der Waals surface area contributed by atoms with Gasteiger partial charge in [0.25, 0.3) is 0 Å². The Morgan fingerprint density at radius 2 is 2.09 bits per heavy atom. The third-order valence-corrected chi connectivity index (χ3v) is 4.69. The standard InChI is InChI=1S/C15H20ClN3O2S/c1-10(20)17-6-2-7-18-15(21)19-13-5-8-22-14-4-3-11(16)9-12(13)14/h3-4,9,13H,2,5-8H2,1H3,(H,17,20)(H2,18,19,21)/t13-/m1/s1. The molecular weight excluding hydrogens is 322 g/mol. The normalized spacial score (nSPS) is 16.5. The van der Waals surface area contributed by atoms with Crippen LogP contribution in [0.1, 0.15) is 31.4 Å². The summed E-state index contributed by atoms with van der Waals surface area (Å²) in [7, 11) is 0. The number of carbonyl (C=O) groups is 2. The van der Waals surface area contributed by atoms with Gasteiger partial charge in [-0.3, -0.25) is 4.79 Å². The maximum absolute atomic E-state index is 12.0. The van der Waals surface area contributed by atoms with Crippen LogP contribution in [0.25, 0.3) is 0 Å². The van der Waals surface area contributed by atoms with Crippen LogP contribution in [0, 0.1) is 0 Å². The number of carbonyl (C=O) groups excluding carboxylic acids is 2. The van der Waals surface area contributed by atoms with E-state index >= 15 is 0 Å². The Morgan fingerprint density at radius 1 is 1.32 bits per heavy atom. The number of urea groups is 1. The molecule has 0 unspecified atom stereocenters. The highest BCUT2D eigenvalue weighted by Gasteiger charge is 2.22. The second kappa shape index (κ2) is 8.29. The summed E-state index contributed by atoms with van der Waals surface area (Å²) < 4.78 is 0. The summed E-state index contributed by atoms with van der Waals surface area (Å²) in [6.07, 6.45) is 1.59. The third kappa shape index (κ3) is 5.10. The summed E-state index contributed by atoms with van der Waals surface area (Å²) in [5.41, 5.74) is 1.08. The maximum Gasteiger partial charge on any atom is 0.315 e. The average molecular weight is 342 g/mol. The van der Waals surface area contributed by atoms with Crippen LogP contribution in [0.15, 0.2) is 23.1 Å². The van der Waals surface area contributed by atoms with Crippen LogP contribution >= 0.6 is 23.4 Å². The van der Waals surface area contributed by atoms with Gasteiger partial charge in [-0.25, -0.2) is 4.79 Å². The fourth-order valence-electron chi connectivity index (χ4n) is 2.28. The Kier molecular flexibility index (Phi) is 6.39. The van der Waals surface area contributed by atoms with Crippen molar-refractivity contribution in [3.05, 3.63) is 28.8 Å². The van der Waals surface area contributed by atoms with Crippen molar-refractivity contribution in [2.24, 2.45) is 0 Å². The smallest absolute Gasteiger partial charge is 0.315 e. The number of thioether (sulfide) groups is 1. The van der Waals surface area contributed by atoms with Crippen LogP contribution in [0.4, 0.5) is 4.79 Å². The number of rotatable bonds is 5. The quantitative estimate of drug-likeness (QED) is 0.721. The van der Waals surface area contributed by atoms with E-state index in [-0.39, 0.29) is 18.0 Å². The zero-order chi connectivity index (χ0) is 15.9. The third-order valence-electron chi connectivity index (χ3n) is 3.33. The van der Waals surface area contributed by atoms with Gasteiger partial charge in [0.15, 0.2) is 0 Å². The van der Waals surface area contributed by atoms with Gasteiger partial charge in [0, 0.05) is 35.7 Å². The molecule has 120 valence electrons. The monoisotopic (exact) mass is 341 g/mol. The van der Waals surface area contributed by atoms with Crippen LogP contribution in [0.3, 0.4) is 0 Å². The molecule has 1 aromatic carbocycles. The number of benzene rings is 1. The molecular formula is C15H20ClN3O2S. The molecule has 0 saturated heterocycles. The number of amides is 3. The molecule has 1 aliphatic heterocycles. The van der Waals surface area contributed by atoms with Crippen molar-refractivity contribution in [2.45, 2.75) is 30.7 Å². The lowest BCUT2D eigenvalue weighted by Gasteiger charge is -2.26. The predicted octanol–water partition coefficient (Wildman–Crippen LogP) is 2.70. The summed E-state index contributed by atoms with van der Waals surface area (Å²) in [4.78, 5) is 23.9. The Balaban J connectivity index is 1.80. The van der Waals surface area contributed by atoms with E-state index in [1.54, 1.807) is 11.8 Å². The van der Waals surface area contributed by atoms with Gasteiger partial charge >= 0.3 is 6.03 Å². The molecule has 5 nitrogen and oxygen atoms in total. The number of fused-ring (bicyclic) bond motifs is 1. The lowest BCUT2D eigenvalue weighted by atomic mass is 10.0. The van der Waals surface area contributed by atoms with Crippen molar-refractivity contribution in [3.63, 3.8) is 0 Å². The van der Waals surface area contributed by atoms with Crippen molar-refractivity contribution in [1.82, 2.24) is 16.0 Å². The second-order valence-electron chi connectivity index (χ2n) is 5.11. The Labute approximate surface area is 139 Å². The summed E-state index contributed by atoms with van der Waals surface area (Å²) in [5, 5.41) is 9.18. The Morgan fingerprint density at radius 3 is 2.86 bits per heavy atom. The van der Waals surface area contributed by atoms with Crippen LogP contribution in [0.2, 0.25) is 5.02 Å². The molecule has 0 radical (unpaired) electrons. The molecule has 0 aliphatic carbocycles. The first-order valence-corrected chi connectivity index (χ1v) is 8.63. The highest BCUT2D eigenvalue weighted by molar-refractivity contribution is 7.99. The number of hydrogen-bond donors (Lipinski definition) is 3. The molecule has 0 spiro atoms. The summed E-state index contributed by atoms with van der Waals surface area (Å²) in [6, 6.07) is 5.60. The maximum atomic E-state index is 12.0. The van der Waals surface area contributed by atoms with Crippen LogP contribution in [0.5, 0.6) is 0 Å². The lowest BCUT2D eigenvalue weighted by Crippen LogP contribution is -2.40. The lowest BCUT2D eigenvalue weighted by molar-refractivity contribution is -0.118. The minimum atomic E-state index is -0.189. The van der Waals surface area contributed by atoms with Gasteiger partial charge in [-0.05, 0) is 36.6 Å². The van der Waals surface area contributed by atoms with Crippen molar-refractivity contribution in [2.75, 3.05) is 18.8 Å². The molecule has 3 amide bonds. The van der Waals surface area contributed by atoms with E-state index < -0.39 is 0 Å². The molecule has 0 aromatic heterocycles. The van der Waals surface area contributed by atoms with Gasteiger partial charge in [-0.2, -0.15) is 0 Å². The van der Waals surface area contributed by atoms with Gasteiger partial charge in [-0.1, -0.05) is 11.6 Å². The molecule has 0 saturated carbocycles. The molecule has 3 N–H and O–H groups in total. The highest BCUT2D eigenvalue weighted by Crippen LogP contribution is 2.37. The van der Waals surface area contributed by atoms with Gasteiger partial charge in [0.1, 0.15) is 0 Å². The van der Waals surface area contributed by atoms with Crippen LogP contribution < -0.4 is 16.0 Å². The van der Waals surface area contributed by atoms with E-state index in [0.717, 1.165) is 17.7 Å². The first kappa shape index (κ1) is 17.0. The SMILES string of the molecule is CC(=O)NCCCNC(=O)N[C@@H]1CCSc2ccc(Cl)cc21. The molecule has 7 heteroatoms. The average Bonchev–Trinajstić information content (AvgIpc) is 2.47. The molecule has 0 bridgehead atoms. The van der Waals surface area contributed by atoms with Crippen LogP contribution in [-0.4, -0.2) is 30.8 Å². The predicted molar refractivity (Wildman–Crippen MR) is 89.4 cm³/mol. The van der Waals surface area contributed by atoms with E-state index in [1.165, 1.54) is 11.8 Å². The summed E-state index contributed by atoms with van der Waals surface area (Å²) in [6.45, 7) is 2.56. The Hall–Kier alpha value is -1.40. The second-order valence-corrected chi connectivity index (χ2v) is 6.68. The van der Waals surface area contributed by atoms with E-state index in [1.807, 2.05) is 18.2 Å². The zero-order valence-electron chi connectivity index (χ0n) is 12.4. The van der Waals surface area contributed by atoms with E-state index in [4.69, 9.17) is 11.6 Å². The number of hydrogen-bond acceptors (Lipinski definition) is 3. The van der Waals surface area contributed by atoms with Crippen molar-refractivity contribution >= 4 is 35.3 Å². The fourth-order valence-corrected chi connectivity index (χ4v) is 3.57. The molecule has 1 aromatic rings. The van der Waals surface area contributed by atoms with Crippen LogP contribution in [-0.2, 0) is 4.79 Å². The van der Waals surface area contributed by atoms with Crippen molar-refractivity contribution in [1.29, 1.82) is 0 Å². The molecule has 0 fully saturated rings. The van der Waals surface area contributed by atoms with Crippen molar-refractivity contribution < 1.29 is 9.59 Å². The summed E-state index contributed by atoms with van der Waals surface area (Å²) in [5.74, 6) is 0.917. The Bertz CT molecular complexity index is 554. The van der Waals surface area contributed by atoms with Crippen molar-refractivity contribution in [3.8, 4) is 0 Å². The first-order valence-electron chi connectivity index (χ1n) is 7.27. The van der Waals surface area contributed by atoms with Gasteiger partial charge < -0.3 is 16.0 Å².